The molecule has 0 atom stereocenters. The highest BCUT2D eigenvalue weighted by Crippen LogP contribution is 2.26. The monoisotopic (exact) mass is 302 g/mol. The summed E-state index contributed by atoms with van der Waals surface area (Å²) in [5.41, 5.74) is 0.742. The van der Waals surface area contributed by atoms with Crippen molar-refractivity contribution in [3.05, 3.63) is 58.1 Å². The smallest absolute Gasteiger partial charge is 0.269 e. The highest BCUT2D eigenvalue weighted by Gasteiger charge is 2.11. The van der Waals surface area contributed by atoms with E-state index in [0.29, 0.717) is 22.7 Å². The number of carbonyl (C=O) groups is 1. The van der Waals surface area contributed by atoms with Gasteiger partial charge in [0.1, 0.15) is 11.5 Å². The number of benzene rings is 2. The summed E-state index contributed by atoms with van der Waals surface area (Å²) in [6.07, 6.45) is 0. The van der Waals surface area contributed by atoms with Gasteiger partial charge < -0.3 is 14.8 Å². The summed E-state index contributed by atoms with van der Waals surface area (Å²) in [6.45, 7) is 0. The van der Waals surface area contributed by atoms with Crippen molar-refractivity contribution in [2.24, 2.45) is 0 Å². The van der Waals surface area contributed by atoms with Gasteiger partial charge in [-0.05, 0) is 12.1 Å². The van der Waals surface area contributed by atoms with Crippen LogP contribution in [0, 0.1) is 10.1 Å². The second-order valence-electron chi connectivity index (χ2n) is 4.36. The summed E-state index contributed by atoms with van der Waals surface area (Å²) in [7, 11) is 3.02. The number of amides is 1. The van der Waals surface area contributed by atoms with E-state index in [-0.39, 0.29) is 11.6 Å². The summed E-state index contributed by atoms with van der Waals surface area (Å²) in [5, 5.41) is 13.3. The van der Waals surface area contributed by atoms with Crippen molar-refractivity contribution in [3.63, 3.8) is 0 Å². The molecule has 0 aliphatic rings. The second kappa shape index (κ2) is 6.57. The van der Waals surface area contributed by atoms with Gasteiger partial charge in [-0.25, -0.2) is 0 Å². The molecule has 0 unspecified atom stereocenters. The van der Waals surface area contributed by atoms with Gasteiger partial charge in [-0.3, -0.25) is 14.9 Å². The largest absolute Gasteiger partial charge is 0.497 e. The van der Waals surface area contributed by atoms with Crippen LogP contribution in [0.3, 0.4) is 0 Å². The van der Waals surface area contributed by atoms with Gasteiger partial charge >= 0.3 is 0 Å². The van der Waals surface area contributed by atoms with Crippen LogP contribution >= 0.6 is 0 Å². The first-order valence-corrected chi connectivity index (χ1v) is 6.32. The molecular weight excluding hydrogens is 288 g/mol. The molecule has 2 aromatic carbocycles. The number of hydrogen-bond acceptors (Lipinski definition) is 5. The average Bonchev–Trinajstić information content (AvgIpc) is 2.54. The van der Waals surface area contributed by atoms with Crippen molar-refractivity contribution < 1.29 is 19.2 Å². The minimum atomic E-state index is -0.519. The lowest BCUT2D eigenvalue weighted by Crippen LogP contribution is -2.12. The molecule has 0 heterocycles. The first-order valence-electron chi connectivity index (χ1n) is 6.32. The number of methoxy groups -OCH3 is 2. The van der Waals surface area contributed by atoms with E-state index >= 15 is 0 Å². The Kier molecular flexibility index (Phi) is 4.57. The molecule has 22 heavy (non-hydrogen) atoms. The third kappa shape index (κ3) is 3.51. The molecule has 1 N–H and O–H groups in total. The van der Waals surface area contributed by atoms with Crippen LogP contribution in [0.5, 0.6) is 11.5 Å². The lowest BCUT2D eigenvalue weighted by Gasteiger charge is -2.09. The van der Waals surface area contributed by atoms with Crippen LogP contribution in [0.25, 0.3) is 0 Å². The summed E-state index contributed by atoms with van der Waals surface area (Å²) < 4.78 is 10.2. The maximum Gasteiger partial charge on any atom is 0.269 e. The zero-order chi connectivity index (χ0) is 16.1. The normalized spacial score (nSPS) is 9.91. The Labute approximate surface area is 126 Å². The van der Waals surface area contributed by atoms with Crippen molar-refractivity contribution in [2.45, 2.75) is 0 Å². The first kappa shape index (κ1) is 15.3. The number of rotatable bonds is 5. The van der Waals surface area contributed by atoms with Crippen LogP contribution in [-0.2, 0) is 0 Å². The standard InChI is InChI=1S/C15H14N2O5/c1-21-13-7-11(8-14(9-13)22-2)16-15(18)10-3-5-12(6-4-10)17(19)20/h3-9H,1-2H3,(H,16,18). The number of nitro benzene ring substituents is 1. The highest BCUT2D eigenvalue weighted by molar-refractivity contribution is 6.04. The molecule has 114 valence electrons. The molecular formula is C15H14N2O5. The van der Waals surface area contributed by atoms with Crippen LogP contribution in [0.15, 0.2) is 42.5 Å². The SMILES string of the molecule is COc1cc(NC(=O)c2ccc([N+](=O)[O-])cc2)cc(OC)c1. The molecule has 0 aliphatic heterocycles. The van der Waals surface area contributed by atoms with Crippen molar-refractivity contribution >= 4 is 17.3 Å². The number of non-ortho nitro benzene ring substituents is 1. The van der Waals surface area contributed by atoms with E-state index in [1.807, 2.05) is 0 Å². The number of hydrogen-bond donors (Lipinski definition) is 1. The Morgan fingerprint density at radius 1 is 1.05 bits per heavy atom. The van der Waals surface area contributed by atoms with Gasteiger partial charge in [-0.2, -0.15) is 0 Å². The van der Waals surface area contributed by atoms with Crippen molar-refractivity contribution in [2.75, 3.05) is 19.5 Å². The van der Waals surface area contributed by atoms with Gasteiger partial charge in [-0.15, -0.1) is 0 Å². The van der Waals surface area contributed by atoms with Crippen LogP contribution in [-0.4, -0.2) is 25.1 Å². The molecule has 0 aliphatic carbocycles. The number of nitrogens with one attached hydrogen (secondary N) is 1. The summed E-state index contributed by atoms with van der Waals surface area (Å²) in [5.74, 6) is 0.696. The van der Waals surface area contributed by atoms with Gasteiger partial charge in [0.25, 0.3) is 11.6 Å². The van der Waals surface area contributed by atoms with Gasteiger partial charge in [0.05, 0.1) is 19.1 Å². The average molecular weight is 302 g/mol. The summed E-state index contributed by atoms with van der Waals surface area (Å²) >= 11 is 0. The van der Waals surface area contributed by atoms with Gasteiger partial charge in [-0.1, -0.05) is 0 Å². The van der Waals surface area contributed by atoms with Gasteiger partial charge in [0.15, 0.2) is 0 Å². The second-order valence-corrected chi connectivity index (χ2v) is 4.36. The molecule has 2 rings (SSSR count). The number of nitrogens with zero attached hydrogens (tertiary/aromatic N) is 1. The van der Waals surface area contributed by atoms with Crippen molar-refractivity contribution in [3.8, 4) is 11.5 Å². The Hall–Kier alpha value is -3.09. The third-order valence-electron chi connectivity index (χ3n) is 2.95. The fourth-order valence-electron chi connectivity index (χ4n) is 1.82. The predicted octanol–water partition coefficient (Wildman–Crippen LogP) is 2.86. The lowest BCUT2D eigenvalue weighted by atomic mass is 10.2. The van der Waals surface area contributed by atoms with Gasteiger partial charge in [0.2, 0.25) is 0 Å². The molecule has 2 aromatic rings. The molecule has 0 saturated heterocycles. The number of nitro groups is 1. The molecule has 0 saturated carbocycles. The Bertz CT molecular complexity index is 675. The van der Waals surface area contributed by atoms with E-state index in [1.54, 1.807) is 18.2 Å². The minimum Gasteiger partial charge on any atom is -0.497 e. The van der Waals surface area contributed by atoms with E-state index in [9.17, 15) is 14.9 Å². The zero-order valence-electron chi connectivity index (χ0n) is 12.0. The summed E-state index contributed by atoms with van der Waals surface area (Å²) in [6, 6.07) is 10.3. The van der Waals surface area contributed by atoms with E-state index < -0.39 is 4.92 Å². The molecule has 1 amide bonds. The molecule has 0 aromatic heterocycles. The van der Waals surface area contributed by atoms with Crippen LogP contribution in [0.1, 0.15) is 10.4 Å². The van der Waals surface area contributed by atoms with Crippen molar-refractivity contribution in [1.82, 2.24) is 0 Å². The maximum atomic E-state index is 12.1. The maximum absolute atomic E-state index is 12.1. The summed E-state index contributed by atoms with van der Waals surface area (Å²) in [4.78, 5) is 22.2. The van der Waals surface area contributed by atoms with Crippen molar-refractivity contribution in [1.29, 1.82) is 0 Å². The van der Waals surface area contributed by atoms with E-state index in [1.165, 1.54) is 38.5 Å². The highest BCUT2D eigenvalue weighted by atomic mass is 16.6. The number of carbonyl (C=O) groups excluding carboxylic acids is 1. The molecule has 0 spiro atoms. The molecule has 0 fully saturated rings. The number of ether oxygens (including phenoxy) is 2. The van der Waals surface area contributed by atoms with Crippen LogP contribution < -0.4 is 14.8 Å². The Morgan fingerprint density at radius 2 is 1.59 bits per heavy atom. The third-order valence-corrected chi connectivity index (χ3v) is 2.95. The van der Waals surface area contributed by atoms with E-state index in [4.69, 9.17) is 9.47 Å². The Morgan fingerprint density at radius 3 is 2.05 bits per heavy atom. The molecule has 0 radical (unpaired) electrons. The number of anilines is 1. The topological polar surface area (TPSA) is 90.7 Å². The predicted molar refractivity (Wildman–Crippen MR) is 80.6 cm³/mol. The van der Waals surface area contributed by atoms with Crippen LogP contribution in [0.2, 0.25) is 0 Å². The zero-order valence-corrected chi connectivity index (χ0v) is 12.0. The van der Waals surface area contributed by atoms with Crippen LogP contribution in [0.4, 0.5) is 11.4 Å². The molecule has 7 nitrogen and oxygen atoms in total. The molecule has 7 heteroatoms. The lowest BCUT2D eigenvalue weighted by molar-refractivity contribution is -0.384. The van der Waals surface area contributed by atoms with E-state index in [0.717, 1.165) is 0 Å². The van der Waals surface area contributed by atoms with Gasteiger partial charge in [0, 0.05) is 41.6 Å². The quantitative estimate of drug-likeness (QED) is 0.677. The molecule has 0 bridgehead atoms. The first-order chi connectivity index (χ1) is 10.5. The Balaban J connectivity index is 2.19. The fraction of sp³-hybridized carbons (Fsp3) is 0.133. The fourth-order valence-corrected chi connectivity index (χ4v) is 1.82. The minimum absolute atomic E-state index is 0.0698. The van der Waals surface area contributed by atoms with E-state index in [2.05, 4.69) is 5.32 Å².